The molecule has 34 nitrogen and oxygen atoms in total. The number of aryl methyl sites for hydroxylation is 3. The molecule has 36 heteroatoms. The molecule has 14 rings (SSSR count). The van der Waals surface area contributed by atoms with E-state index in [0.29, 0.717) is 212 Å². The first-order valence-electron chi connectivity index (χ1n) is 38.8. The molecule has 5 atom stereocenters. The summed E-state index contributed by atoms with van der Waals surface area (Å²) >= 11 is 1.55. The highest BCUT2D eigenvalue weighted by Crippen LogP contribution is 2.39. The van der Waals surface area contributed by atoms with Gasteiger partial charge in [-0.2, -0.15) is 15.8 Å². The normalized spacial score (nSPS) is 18.7. The fourth-order valence-corrected chi connectivity index (χ4v) is 16.2. The number of anilines is 6. The number of nitrogens with one attached hydrogen (secondary N) is 3. The van der Waals surface area contributed by atoms with Crippen molar-refractivity contribution in [1.29, 1.82) is 15.8 Å². The second-order valence-corrected chi connectivity index (χ2v) is 30.5. The number of methoxy groups -OCH3 is 2. The highest BCUT2D eigenvalue weighted by molar-refractivity contribution is 8.00. The maximum absolute atomic E-state index is 15.3. The number of nitriles is 3. The van der Waals surface area contributed by atoms with Crippen molar-refractivity contribution in [3.05, 3.63) is 127 Å². The number of halogens is 1. The number of hydrogen-bond donors (Lipinski definition) is 3. The molecule has 6 aromatic rings. The van der Waals surface area contributed by atoms with Crippen LogP contribution < -0.4 is 35.4 Å². The molecule has 0 saturated carbocycles. The zero-order valence-corrected chi connectivity index (χ0v) is 66.5. The van der Waals surface area contributed by atoms with Crippen LogP contribution in [0.15, 0.2) is 47.8 Å². The first kappa shape index (κ1) is 84.8. The molecular weight excluding hydrogens is 1530 g/mol. The van der Waals surface area contributed by atoms with Gasteiger partial charge in [0.15, 0.2) is 30.5 Å². The van der Waals surface area contributed by atoms with E-state index in [2.05, 4.69) is 58.0 Å². The number of carbonyl (C=O) groups excluding carboxylic acids is 9. The standard InChI is InChI=1S/C27H31FN6O5.C27H30N6O6.C27H30N6O5S/c1-33(26(36)22-8-5-11-39-22)15-18-12-17-6-3-9-34(25(17)31-21(18)16-35)27(37)32-24-23(28)20(7-4-10-38-2)19(13-29)14-30-24;1-32(26(35)22-6-4-8-38-22)13-17-9-16-5-3-7-33(25(16)30-21(17)14-34)27(36)31-24-20-10-19(15-37-2)39-23(20)18(11-28)12-29-24;1-32(26(35)22-5-3-8-38-22)14-18-10-17-4-2-7-33(25(17)30-21(18)15-34)27(36)31-24-11-23(19(12-28)13-29-24)39-20-6-9-37-16-20/h12,14,16,22H,3-11,15H2,1-2H3,(H,30,32,37);9,12,14,19,22H,3-8,10,13,15H2,1-2H3,(H,29,31,36);10-11,13,15,20,22H,2-9,14,16H2,1H3,(H,29,31,36)/t22-;19?,22-;20-,22-/m111/s1. The van der Waals surface area contributed by atoms with Crippen molar-refractivity contribution in [2.24, 2.45) is 0 Å². The van der Waals surface area contributed by atoms with Gasteiger partial charge in [-0.25, -0.2) is 48.7 Å². The number of amides is 9. The SMILES string of the molecule is CN(Cc1cc2c(nc1C=O)N(C(=O)Nc1cc(S[C@@H]3CCOC3)c(C#N)cn1)CCC2)C(=O)[C@H]1CCCO1.COCC1Cc2c(NC(=O)N3CCCc4cc(CN(C)C(=O)[C@H]5CCCO5)c(C=O)nc43)ncc(C#N)c2O1.COCCCc1c(C#N)cnc(NC(=O)N2CCCc3cc(CN(C)C(=O)[C@H]4CCCO4)c(C=O)nc32)c1F. The third-order valence-corrected chi connectivity index (χ3v) is 22.3. The van der Waals surface area contributed by atoms with E-state index in [-0.39, 0.29) is 94.7 Å². The zero-order valence-electron chi connectivity index (χ0n) is 65.7. The third-order valence-electron chi connectivity index (χ3n) is 21.0. The number of likely N-dealkylation sites (N-methyl/N-ethyl adjacent to an activating group) is 3. The zero-order chi connectivity index (χ0) is 82.8. The Labute approximate surface area is 679 Å². The van der Waals surface area contributed by atoms with Crippen LogP contribution in [0.1, 0.15) is 163 Å². The average Bonchev–Trinajstić information content (AvgIpc) is 1.42. The second-order valence-electron chi connectivity index (χ2n) is 29.2. The lowest BCUT2D eigenvalue weighted by Crippen LogP contribution is -2.40. The average molecular weight is 1620 g/mol. The van der Waals surface area contributed by atoms with Gasteiger partial charge >= 0.3 is 18.1 Å². The van der Waals surface area contributed by atoms with Gasteiger partial charge in [-0.3, -0.25) is 59.4 Å². The minimum absolute atomic E-state index is 0.0951. The first-order valence-corrected chi connectivity index (χ1v) is 39.7. The van der Waals surface area contributed by atoms with Crippen LogP contribution in [0.25, 0.3) is 0 Å². The van der Waals surface area contributed by atoms with E-state index < -0.39 is 42.2 Å². The molecule has 0 bridgehead atoms. The van der Waals surface area contributed by atoms with Gasteiger partial charge in [0.1, 0.15) is 100 Å². The fourth-order valence-electron chi connectivity index (χ4n) is 15.1. The number of hydrogen-bond acceptors (Lipinski definition) is 26. The van der Waals surface area contributed by atoms with Crippen molar-refractivity contribution in [2.45, 2.75) is 157 Å². The van der Waals surface area contributed by atoms with Gasteiger partial charge < -0.3 is 47.9 Å². The number of aromatic nitrogens is 6. The van der Waals surface area contributed by atoms with E-state index in [1.165, 1.54) is 45.3 Å². The van der Waals surface area contributed by atoms with E-state index in [4.69, 9.17) is 33.2 Å². The Morgan fingerprint density at radius 1 is 0.581 bits per heavy atom. The number of carbonyl (C=O) groups is 9. The summed E-state index contributed by atoms with van der Waals surface area (Å²) in [6, 6.07) is 11.9. The summed E-state index contributed by atoms with van der Waals surface area (Å²) in [6.45, 7) is 5.50. The molecule has 6 aromatic heterocycles. The van der Waals surface area contributed by atoms with Crippen LogP contribution in [0.3, 0.4) is 0 Å². The van der Waals surface area contributed by atoms with Gasteiger partial charge in [-0.1, -0.05) is 0 Å². The van der Waals surface area contributed by atoms with E-state index in [1.807, 2.05) is 18.2 Å². The van der Waals surface area contributed by atoms with Crippen molar-refractivity contribution < 1.29 is 80.7 Å². The molecule has 0 spiro atoms. The molecule has 9 amide bonds. The number of ether oxygens (including phenoxy) is 7. The molecule has 0 radical (unpaired) electrons. The van der Waals surface area contributed by atoms with Crippen LogP contribution >= 0.6 is 11.8 Å². The summed E-state index contributed by atoms with van der Waals surface area (Å²) in [5, 5.41) is 36.7. The maximum Gasteiger partial charge on any atom is 0.328 e. The smallest absolute Gasteiger partial charge is 0.328 e. The summed E-state index contributed by atoms with van der Waals surface area (Å²) in [5.74, 6) is 0.700. The van der Waals surface area contributed by atoms with Crippen LogP contribution in [0.4, 0.5) is 53.7 Å². The van der Waals surface area contributed by atoms with Crippen LogP contribution in [0, 0.1) is 39.8 Å². The number of nitrogens with zero attached hydrogens (tertiary/aromatic N) is 15. The molecule has 3 N–H and O–H groups in total. The molecule has 14 heterocycles. The maximum atomic E-state index is 15.3. The van der Waals surface area contributed by atoms with Crippen molar-refractivity contribution in [1.82, 2.24) is 44.6 Å². The Morgan fingerprint density at radius 2 is 1.03 bits per heavy atom. The van der Waals surface area contributed by atoms with E-state index >= 15 is 4.39 Å². The Balaban J connectivity index is 0.000000162. The Hall–Kier alpha value is -11.6. The monoisotopic (exact) mass is 1620 g/mol. The summed E-state index contributed by atoms with van der Waals surface area (Å²) < 4.78 is 53.3. The first-order chi connectivity index (χ1) is 56.8. The van der Waals surface area contributed by atoms with Crippen molar-refractivity contribution in [2.75, 3.05) is 132 Å². The largest absolute Gasteiger partial charge is 0.486 e. The van der Waals surface area contributed by atoms with Crippen molar-refractivity contribution in [3.63, 3.8) is 0 Å². The van der Waals surface area contributed by atoms with E-state index in [1.54, 1.807) is 61.9 Å². The van der Waals surface area contributed by atoms with Crippen LogP contribution in [0.5, 0.6) is 5.75 Å². The highest BCUT2D eigenvalue weighted by Gasteiger charge is 2.37. The molecular formula is C81H91FN18O16S. The number of thioether (sulfide) groups is 1. The predicted octanol–water partition coefficient (Wildman–Crippen LogP) is 8.40. The molecule has 1 unspecified atom stereocenters. The van der Waals surface area contributed by atoms with Gasteiger partial charge in [-0.15, -0.1) is 11.8 Å². The van der Waals surface area contributed by atoms with Gasteiger partial charge in [0, 0.05) is 164 Å². The Kier molecular flexibility index (Phi) is 28.9. The Morgan fingerprint density at radius 3 is 1.46 bits per heavy atom. The number of fused-ring (bicyclic) bond motifs is 4. The fraction of sp³-hybridized carbons (Fsp3) is 0.481. The third kappa shape index (κ3) is 20.1. The number of rotatable bonds is 23. The topological polar surface area (TPSA) is 422 Å². The Bertz CT molecular complexity index is 4860. The van der Waals surface area contributed by atoms with Gasteiger partial charge in [-0.05, 0) is 137 Å². The van der Waals surface area contributed by atoms with Crippen LogP contribution in [-0.4, -0.2) is 230 Å². The molecule has 0 aromatic carbocycles. The molecule has 8 aliphatic heterocycles. The quantitative estimate of drug-likeness (QED) is 0.0400. The number of urea groups is 3. The molecule has 0 aliphatic carbocycles. The van der Waals surface area contributed by atoms with Gasteiger partial charge in [0.25, 0.3) is 17.7 Å². The minimum Gasteiger partial charge on any atom is -0.486 e. The summed E-state index contributed by atoms with van der Waals surface area (Å²) in [4.78, 5) is 150. The molecule has 8 aliphatic rings. The summed E-state index contributed by atoms with van der Waals surface area (Å²) in [5.41, 5.74) is 6.31. The van der Waals surface area contributed by atoms with Crippen LogP contribution in [0.2, 0.25) is 0 Å². The molecule has 614 valence electrons. The highest BCUT2D eigenvalue weighted by atomic mass is 32.2. The molecule has 4 saturated heterocycles. The van der Waals surface area contributed by atoms with E-state index in [9.17, 15) is 58.9 Å². The number of aldehydes is 3. The lowest BCUT2D eigenvalue weighted by Gasteiger charge is -2.30. The predicted molar refractivity (Wildman–Crippen MR) is 421 cm³/mol. The minimum atomic E-state index is -0.772. The van der Waals surface area contributed by atoms with Gasteiger partial charge in [0.05, 0.1) is 30.5 Å². The molecule has 117 heavy (non-hydrogen) atoms. The number of pyridine rings is 6. The van der Waals surface area contributed by atoms with E-state index in [0.717, 1.165) is 53.7 Å². The lowest BCUT2D eigenvalue weighted by molar-refractivity contribution is -0.140. The van der Waals surface area contributed by atoms with Crippen molar-refractivity contribution >= 4 is 101 Å². The van der Waals surface area contributed by atoms with Crippen molar-refractivity contribution in [3.8, 4) is 24.0 Å². The summed E-state index contributed by atoms with van der Waals surface area (Å²) in [6.07, 6.45) is 15.0. The van der Waals surface area contributed by atoms with Crippen LogP contribution in [-0.2, 0) is 94.5 Å². The molecule has 4 fully saturated rings. The lowest BCUT2D eigenvalue weighted by atomic mass is 10.0. The second kappa shape index (κ2) is 39.9. The van der Waals surface area contributed by atoms with Gasteiger partial charge in [0.2, 0.25) is 0 Å². The summed E-state index contributed by atoms with van der Waals surface area (Å²) in [7, 11) is 8.13.